The molecular weight excluding hydrogens is 228 g/mol. The maximum Gasteiger partial charge on any atom is 0.251 e. The van der Waals surface area contributed by atoms with Crippen molar-refractivity contribution in [2.24, 2.45) is 5.84 Å². The smallest absolute Gasteiger partial charge is 0.251 e. The fourth-order valence-corrected chi connectivity index (χ4v) is 2.27. The number of rotatable bonds is 3. The molecule has 1 aromatic carbocycles. The first kappa shape index (κ1) is 12.9. The molecule has 0 saturated carbocycles. The lowest BCUT2D eigenvalue weighted by Crippen LogP contribution is -2.46. The Balaban J connectivity index is 1.94. The van der Waals surface area contributed by atoms with Crippen molar-refractivity contribution in [1.82, 2.24) is 10.2 Å². The zero-order chi connectivity index (χ0) is 13.0. The number of hydrogen-bond acceptors (Lipinski definition) is 4. The van der Waals surface area contributed by atoms with Gasteiger partial charge >= 0.3 is 0 Å². The lowest BCUT2D eigenvalue weighted by molar-refractivity contribution is 0.0912. The summed E-state index contributed by atoms with van der Waals surface area (Å²) in [6.45, 7) is 2.04. The van der Waals surface area contributed by atoms with Crippen molar-refractivity contribution in [2.45, 2.75) is 18.9 Å². The van der Waals surface area contributed by atoms with Gasteiger partial charge in [0.1, 0.15) is 0 Å². The van der Waals surface area contributed by atoms with Gasteiger partial charge in [0.2, 0.25) is 0 Å². The third-order valence-electron chi connectivity index (χ3n) is 3.27. The minimum Gasteiger partial charge on any atom is -0.348 e. The van der Waals surface area contributed by atoms with E-state index in [1.807, 2.05) is 0 Å². The van der Waals surface area contributed by atoms with Crippen LogP contribution in [0.15, 0.2) is 24.3 Å². The number of likely N-dealkylation sites (tertiary alicyclic amines) is 1. The molecular formula is C13H20N4O. The number of nitrogens with zero attached hydrogens (tertiary/aromatic N) is 1. The molecule has 1 heterocycles. The van der Waals surface area contributed by atoms with Gasteiger partial charge in [0, 0.05) is 23.8 Å². The Morgan fingerprint density at radius 3 is 2.72 bits per heavy atom. The van der Waals surface area contributed by atoms with Gasteiger partial charge in [-0.3, -0.25) is 10.6 Å². The highest BCUT2D eigenvalue weighted by Gasteiger charge is 2.19. The Morgan fingerprint density at radius 1 is 1.39 bits per heavy atom. The number of likely N-dealkylation sites (N-methyl/N-ethyl adjacent to an activating group) is 1. The number of nitrogen functional groups attached to an aromatic ring is 1. The van der Waals surface area contributed by atoms with Crippen LogP contribution in [0.4, 0.5) is 5.69 Å². The highest BCUT2D eigenvalue weighted by molar-refractivity contribution is 5.94. The highest BCUT2D eigenvalue weighted by Crippen LogP contribution is 2.11. The second kappa shape index (κ2) is 5.84. The predicted octanol–water partition coefficient (Wildman–Crippen LogP) is 0.796. The average Bonchev–Trinajstić information content (AvgIpc) is 2.39. The molecule has 1 aliphatic heterocycles. The molecule has 1 atom stereocenters. The van der Waals surface area contributed by atoms with Crippen LogP contribution < -0.4 is 16.6 Å². The Kier molecular flexibility index (Phi) is 4.17. The predicted molar refractivity (Wildman–Crippen MR) is 72.2 cm³/mol. The lowest BCUT2D eigenvalue weighted by atomic mass is 10.1. The van der Waals surface area contributed by atoms with E-state index in [9.17, 15) is 4.79 Å². The fraction of sp³-hybridized carbons (Fsp3) is 0.462. The van der Waals surface area contributed by atoms with Gasteiger partial charge in [-0.25, -0.2) is 0 Å². The van der Waals surface area contributed by atoms with Crippen LogP contribution >= 0.6 is 0 Å². The SMILES string of the molecule is CN1CCCC(NC(=O)c2ccc(NN)cc2)C1. The van der Waals surface area contributed by atoms with Gasteiger partial charge in [0.15, 0.2) is 0 Å². The first-order valence-electron chi connectivity index (χ1n) is 6.25. The molecule has 0 spiro atoms. The van der Waals surface area contributed by atoms with Crippen molar-refractivity contribution in [3.8, 4) is 0 Å². The van der Waals surface area contributed by atoms with E-state index in [2.05, 4.69) is 22.7 Å². The number of amides is 1. The third-order valence-corrected chi connectivity index (χ3v) is 3.27. The summed E-state index contributed by atoms with van der Waals surface area (Å²) in [7, 11) is 2.08. The van der Waals surface area contributed by atoms with Crippen molar-refractivity contribution >= 4 is 11.6 Å². The summed E-state index contributed by atoms with van der Waals surface area (Å²) >= 11 is 0. The average molecular weight is 248 g/mol. The van der Waals surface area contributed by atoms with E-state index in [0.717, 1.165) is 31.6 Å². The molecule has 0 aliphatic carbocycles. The Bertz CT molecular complexity index is 404. The highest BCUT2D eigenvalue weighted by atomic mass is 16.1. The Morgan fingerprint density at radius 2 is 2.11 bits per heavy atom. The zero-order valence-electron chi connectivity index (χ0n) is 10.6. The molecule has 0 bridgehead atoms. The molecule has 0 aromatic heterocycles. The molecule has 2 rings (SSSR count). The van der Waals surface area contributed by atoms with E-state index in [-0.39, 0.29) is 11.9 Å². The first-order chi connectivity index (χ1) is 8.69. The summed E-state index contributed by atoms with van der Waals surface area (Å²) in [5, 5.41) is 3.07. The van der Waals surface area contributed by atoms with E-state index >= 15 is 0 Å². The number of carbonyl (C=O) groups excluding carboxylic acids is 1. The number of hydrogen-bond donors (Lipinski definition) is 3. The summed E-state index contributed by atoms with van der Waals surface area (Å²) in [6.07, 6.45) is 2.19. The van der Waals surface area contributed by atoms with Crippen molar-refractivity contribution < 1.29 is 4.79 Å². The van der Waals surface area contributed by atoms with Gasteiger partial charge in [0.25, 0.3) is 5.91 Å². The molecule has 18 heavy (non-hydrogen) atoms. The van der Waals surface area contributed by atoms with Crippen molar-refractivity contribution in [2.75, 3.05) is 25.6 Å². The van der Waals surface area contributed by atoms with Crippen LogP contribution in [-0.2, 0) is 0 Å². The molecule has 1 aromatic rings. The maximum atomic E-state index is 12.0. The number of nitrogens with one attached hydrogen (secondary N) is 2. The number of carbonyl (C=O) groups is 1. The summed E-state index contributed by atoms with van der Waals surface area (Å²) in [5.41, 5.74) is 4.01. The molecule has 1 amide bonds. The van der Waals surface area contributed by atoms with E-state index in [1.54, 1.807) is 24.3 Å². The van der Waals surface area contributed by atoms with Gasteiger partial charge < -0.3 is 15.6 Å². The van der Waals surface area contributed by atoms with E-state index in [4.69, 9.17) is 5.84 Å². The first-order valence-corrected chi connectivity index (χ1v) is 6.25. The number of benzene rings is 1. The molecule has 1 aliphatic rings. The number of piperidine rings is 1. The Hall–Kier alpha value is -1.59. The quantitative estimate of drug-likeness (QED) is 0.546. The summed E-state index contributed by atoms with van der Waals surface area (Å²) in [4.78, 5) is 14.3. The molecule has 1 saturated heterocycles. The number of anilines is 1. The van der Waals surface area contributed by atoms with Crippen LogP contribution in [0, 0.1) is 0 Å². The van der Waals surface area contributed by atoms with Gasteiger partial charge in [-0.05, 0) is 50.7 Å². The van der Waals surface area contributed by atoms with Gasteiger partial charge in [0.05, 0.1) is 0 Å². The maximum absolute atomic E-state index is 12.0. The van der Waals surface area contributed by atoms with E-state index in [0.29, 0.717) is 5.56 Å². The molecule has 1 fully saturated rings. The second-order valence-corrected chi connectivity index (χ2v) is 4.80. The van der Waals surface area contributed by atoms with Gasteiger partial charge in [-0.15, -0.1) is 0 Å². The Labute approximate surface area is 107 Å². The zero-order valence-corrected chi connectivity index (χ0v) is 10.6. The van der Waals surface area contributed by atoms with Crippen LogP contribution in [0.5, 0.6) is 0 Å². The molecule has 98 valence electrons. The molecule has 5 nitrogen and oxygen atoms in total. The van der Waals surface area contributed by atoms with E-state index < -0.39 is 0 Å². The number of nitrogens with two attached hydrogens (primary N) is 1. The minimum atomic E-state index is -0.0149. The van der Waals surface area contributed by atoms with E-state index in [1.165, 1.54) is 0 Å². The van der Waals surface area contributed by atoms with Crippen molar-refractivity contribution in [3.05, 3.63) is 29.8 Å². The fourth-order valence-electron chi connectivity index (χ4n) is 2.27. The molecule has 0 radical (unpaired) electrons. The normalized spacial score (nSPS) is 20.4. The van der Waals surface area contributed by atoms with Crippen molar-refractivity contribution in [3.63, 3.8) is 0 Å². The monoisotopic (exact) mass is 248 g/mol. The molecule has 5 heteroatoms. The molecule has 1 unspecified atom stereocenters. The summed E-state index contributed by atoms with van der Waals surface area (Å²) in [6, 6.07) is 7.39. The minimum absolute atomic E-state index is 0.0149. The lowest BCUT2D eigenvalue weighted by Gasteiger charge is -2.30. The van der Waals surface area contributed by atoms with Crippen LogP contribution in [0.1, 0.15) is 23.2 Å². The third kappa shape index (κ3) is 3.21. The van der Waals surface area contributed by atoms with Gasteiger partial charge in [-0.2, -0.15) is 0 Å². The summed E-state index contributed by atoms with van der Waals surface area (Å²) < 4.78 is 0. The second-order valence-electron chi connectivity index (χ2n) is 4.80. The van der Waals surface area contributed by atoms with Crippen LogP contribution in [0.3, 0.4) is 0 Å². The van der Waals surface area contributed by atoms with Crippen molar-refractivity contribution in [1.29, 1.82) is 0 Å². The van der Waals surface area contributed by atoms with Crippen LogP contribution in [0.2, 0.25) is 0 Å². The molecule has 4 N–H and O–H groups in total. The van der Waals surface area contributed by atoms with Crippen LogP contribution in [0.25, 0.3) is 0 Å². The van der Waals surface area contributed by atoms with Gasteiger partial charge in [-0.1, -0.05) is 0 Å². The largest absolute Gasteiger partial charge is 0.348 e. The number of hydrazine groups is 1. The van der Waals surface area contributed by atoms with Crippen LogP contribution in [-0.4, -0.2) is 37.0 Å². The standard InChI is InChI=1S/C13H20N4O/c1-17-8-2-3-12(9-17)15-13(18)10-4-6-11(16-14)7-5-10/h4-7,12,16H,2-3,8-9,14H2,1H3,(H,15,18). The topological polar surface area (TPSA) is 70.4 Å². The summed E-state index contributed by atoms with van der Waals surface area (Å²) in [5.74, 6) is 5.27.